The van der Waals surface area contributed by atoms with Gasteiger partial charge in [0.15, 0.2) is 0 Å². The maximum absolute atomic E-state index is 13.1. The fraction of sp³-hybridized carbons (Fsp3) is 0.286. The lowest BCUT2D eigenvalue weighted by molar-refractivity contribution is -0.128. The SMILES string of the molecule is CCN(Cc1ccc(OCc2ccccc2)cc1)C(=O)c1ccc(CN2CCCC2=O)cc1. The number of rotatable bonds is 9. The van der Waals surface area contributed by atoms with Crippen molar-refractivity contribution in [3.05, 3.63) is 101 Å². The van der Waals surface area contributed by atoms with Gasteiger partial charge in [0.05, 0.1) is 0 Å². The van der Waals surface area contributed by atoms with Crippen molar-refractivity contribution in [1.29, 1.82) is 0 Å². The van der Waals surface area contributed by atoms with Crippen LogP contribution < -0.4 is 4.74 Å². The van der Waals surface area contributed by atoms with Crippen LogP contribution in [-0.4, -0.2) is 34.7 Å². The Kier molecular flexibility index (Phi) is 7.40. The smallest absolute Gasteiger partial charge is 0.254 e. The van der Waals surface area contributed by atoms with Gasteiger partial charge in [-0.3, -0.25) is 9.59 Å². The number of carbonyl (C=O) groups excluding carboxylic acids is 2. The third-order valence-corrected chi connectivity index (χ3v) is 5.96. The molecule has 33 heavy (non-hydrogen) atoms. The average molecular weight is 443 g/mol. The molecule has 1 heterocycles. The Morgan fingerprint density at radius 1 is 0.909 bits per heavy atom. The van der Waals surface area contributed by atoms with Crippen LogP contribution in [0.2, 0.25) is 0 Å². The van der Waals surface area contributed by atoms with Crippen LogP contribution in [0, 0.1) is 0 Å². The molecule has 0 aromatic heterocycles. The second kappa shape index (κ2) is 10.8. The van der Waals surface area contributed by atoms with Gasteiger partial charge in [0.1, 0.15) is 12.4 Å². The first kappa shape index (κ1) is 22.6. The molecule has 1 saturated heterocycles. The van der Waals surface area contributed by atoms with E-state index in [4.69, 9.17) is 4.74 Å². The molecule has 0 N–H and O–H groups in total. The van der Waals surface area contributed by atoms with Gasteiger partial charge < -0.3 is 14.5 Å². The van der Waals surface area contributed by atoms with Gasteiger partial charge in [0.25, 0.3) is 5.91 Å². The molecule has 0 spiro atoms. The standard InChI is InChI=1S/C28H30N2O3/c1-2-29(19-23-12-16-26(17-13-23)33-21-24-7-4-3-5-8-24)28(32)25-14-10-22(11-15-25)20-30-18-6-9-27(30)31/h3-5,7-8,10-17H,2,6,9,18-21H2,1H3. The molecule has 0 saturated carbocycles. The molecule has 1 fully saturated rings. The van der Waals surface area contributed by atoms with Crippen molar-refractivity contribution in [2.24, 2.45) is 0 Å². The highest BCUT2D eigenvalue weighted by atomic mass is 16.5. The predicted molar refractivity (Wildman–Crippen MR) is 129 cm³/mol. The summed E-state index contributed by atoms with van der Waals surface area (Å²) in [7, 11) is 0. The Labute approximate surface area is 195 Å². The van der Waals surface area contributed by atoms with Crippen molar-refractivity contribution in [2.45, 2.75) is 39.5 Å². The second-order valence-corrected chi connectivity index (χ2v) is 8.35. The summed E-state index contributed by atoms with van der Waals surface area (Å²) in [6.45, 7) is 5.11. The zero-order chi connectivity index (χ0) is 23.0. The molecule has 1 aliphatic rings. The van der Waals surface area contributed by atoms with E-state index in [9.17, 15) is 9.59 Å². The molecule has 5 nitrogen and oxygen atoms in total. The third-order valence-electron chi connectivity index (χ3n) is 5.96. The van der Waals surface area contributed by atoms with E-state index in [1.54, 1.807) is 0 Å². The molecule has 0 unspecified atom stereocenters. The van der Waals surface area contributed by atoms with E-state index in [1.807, 2.05) is 95.6 Å². The molecule has 2 amide bonds. The van der Waals surface area contributed by atoms with E-state index in [2.05, 4.69) is 0 Å². The molecule has 4 rings (SSSR count). The van der Waals surface area contributed by atoms with E-state index < -0.39 is 0 Å². The zero-order valence-corrected chi connectivity index (χ0v) is 19.1. The van der Waals surface area contributed by atoms with Crippen LogP contribution in [-0.2, 0) is 24.5 Å². The minimum Gasteiger partial charge on any atom is -0.489 e. The topological polar surface area (TPSA) is 49.9 Å². The Balaban J connectivity index is 1.33. The summed E-state index contributed by atoms with van der Waals surface area (Å²) in [5.41, 5.74) is 3.90. The van der Waals surface area contributed by atoms with Crippen LogP contribution in [0.3, 0.4) is 0 Å². The Bertz CT molecular complexity index is 1060. The zero-order valence-electron chi connectivity index (χ0n) is 19.1. The molecule has 0 aliphatic carbocycles. The van der Waals surface area contributed by atoms with Gasteiger partial charge in [0, 0.05) is 38.2 Å². The van der Waals surface area contributed by atoms with E-state index in [1.165, 1.54) is 0 Å². The van der Waals surface area contributed by atoms with Crippen LogP contribution >= 0.6 is 0 Å². The maximum Gasteiger partial charge on any atom is 0.254 e. The van der Waals surface area contributed by atoms with Crippen molar-refractivity contribution >= 4 is 11.8 Å². The summed E-state index contributed by atoms with van der Waals surface area (Å²) in [6, 6.07) is 25.6. The number of hydrogen-bond donors (Lipinski definition) is 0. The summed E-state index contributed by atoms with van der Waals surface area (Å²) in [6.07, 6.45) is 1.57. The lowest BCUT2D eigenvalue weighted by Crippen LogP contribution is -2.30. The summed E-state index contributed by atoms with van der Waals surface area (Å²) in [4.78, 5) is 28.6. The number of hydrogen-bond acceptors (Lipinski definition) is 3. The molecule has 170 valence electrons. The lowest BCUT2D eigenvalue weighted by atomic mass is 10.1. The molecule has 0 bridgehead atoms. The van der Waals surface area contributed by atoms with E-state index >= 15 is 0 Å². The molecule has 0 atom stereocenters. The Morgan fingerprint density at radius 2 is 1.61 bits per heavy atom. The number of benzene rings is 3. The highest BCUT2D eigenvalue weighted by Crippen LogP contribution is 2.18. The molecule has 3 aromatic carbocycles. The van der Waals surface area contributed by atoms with Crippen LogP contribution in [0.25, 0.3) is 0 Å². The predicted octanol–water partition coefficient (Wildman–Crippen LogP) is 5.05. The number of carbonyl (C=O) groups is 2. The normalized spacial score (nSPS) is 13.2. The lowest BCUT2D eigenvalue weighted by Gasteiger charge is -2.22. The molecule has 3 aromatic rings. The van der Waals surface area contributed by atoms with E-state index in [0.29, 0.717) is 38.2 Å². The van der Waals surface area contributed by atoms with Gasteiger partial charge in [-0.2, -0.15) is 0 Å². The molecular weight excluding hydrogens is 412 g/mol. The molecule has 1 aliphatic heterocycles. The van der Waals surface area contributed by atoms with Gasteiger partial charge in [0.2, 0.25) is 5.91 Å². The van der Waals surface area contributed by atoms with Gasteiger partial charge in [-0.1, -0.05) is 54.6 Å². The van der Waals surface area contributed by atoms with Crippen LogP contribution in [0.5, 0.6) is 5.75 Å². The third kappa shape index (κ3) is 6.01. The fourth-order valence-electron chi connectivity index (χ4n) is 4.01. The second-order valence-electron chi connectivity index (χ2n) is 8.35. The van der Waals surface area contributed by atoms with Crippen molar-refractivity contribution < 1.29 is 14.3 Å². The van der Waals surface area contributed by atoms with Gasteiger partial charge in [-0.05, 0) is 54.3 Å². The monoisotopic (exact) mass is 442 g/mol. The average Bonchev–Trinajstić information content (AvgIpc) is 3.26. The highest BCUT2D eigenvalue weighted by Gasteiger charge is 2.20. The largest absolute Gasteiger partial charge is 0.489 e. The number of ether oxygens (including phenoxy) is 1. The van der Waals surface area contributed by atoms with E-state index in [0.717, 1.165) is 35.4 Å². The molecular formula is C28H30N2O3. The number of likely N-dealkylation sites (tertiary alicyclic amines) is 1. The van der Waals surface area contributed by atoms with Crippen molar-refractivity contribution in [2.75, 3.05) is 13.1 Å². The van der Waals surface area contributed by atoms with Gasteiger partial charge in [-0.25, -0.2) is 0 Å². The first-order valence-corrected chi connectivity index (χ1v) is 11.5. The van der Waals surface area contributed by atoms with Crippen LogP contribution in [0.15, 0.2) is 78.9 Å². The molecule has 5 heteroatoms. The minimum atomic E-state index is 0.00528. The number of nitrogens with zero attached hydrogens (tertiary/aromatic N) is 2. The minimum absolute atomic E-state index is 0.00528. The summed E-state index contributed by atoms with van der Waals surface area (Å²) < 4.78 is 5.86. The Morgan fingerprint density at radius 3 is 2.24 bits per heavy atom. The molecule has 0 radical (unpaired) electrons. The Hall–Kier alpha value is -3.60. The van der Waals surface area contributed by atoms with Crippen molar-refractivity contribution in [1.82, 2.24) is 9.80 Å². The maximum atomic E-state index is 13.1. The van der Waals surface area contributed by atoms with Gasteiger partial charge in [-0.15, -0.1) is 0 Å². The highest BCUT2D eigenvalue weighted by molar-refractivity contribution is 5.94. The number of amides is 2. The van der Waals surface area contributed by atoms with E-state index in [-0.39, 0.29) is 11.8 Å². The van der Waals surface area contributed by atoms with Crippen molar-refractivity contribution in [3.8, 4) is 5.75 Å². The first-order chi connectivity index (χ1) is 16.1. The first-order valence-electron chi connectivity index (χ1n) is 11.5. The quantitative estimate of drug-likeness (QED) is 0.466. The van der Waals surface area contributed by atoms with Crippen LogP contribution in [0.1, 0.15) is 46.8 Å². The summed E-state index contributed by atoms with van der Waals surface area (Å²) in [5, 5.41) is 0. The fourth-order valence-corrected chi connectivity index (χ4v) is 4.01. The summed E-state index contributed by atoms with van der Waals surface area (Å²) in [5.74, 6) is 1.03. The summed E-state index contributed by atoms with van der Waals surface area (Å²) >= 11 is 0. The van der Waals surface area contributed by atoms with Crippen molar-refractivity contribution in [3.63, 3.8) is 0 Å². The van der Waals surface area contributed by atoms with Gasteiger partial charge >= 0.3 is 0 Å². The van der Waals surface area contributed by atoms with Crippen LogP contribution in [0.4, 0.5) is 0 Å².